The van der Waals surface area contributed by atoms with Crippen molar-refractivity contribution in [3.05, 3.63) is 29.3 Å². The third-order valence-corrected chi connectivity index (χ3v) is 3.21. The lowest BCUT2D eigenvalue weighted by Gasteiger charge is -2.24. The largest absolute Gasteiger partial charge is 0.492 e. The Morgan fingerprint density at radius 3 is 2.12 bits per heavy atom. The van der Waals surface area contributed by atoms with Gasteiger partial charge in [0.2, 0.25) is 0 Å². The highest BCUT2D eigenvalue weighted by molar-refractivity contribution is 6.27. The second kappa shape index (κ2) is 11.4. The molecule has 7 heteroatoms. The highest BCUT2D eigenvalue weighted by atomic mass is 16.5. The number of aliphatic carboxylic acids is 2. The number of carboxylic acids is 2. The van der Waals surface area contributed by atoms with Crippen molar-refractivity contribution in [2.45, 2.75) is 33.1 Å². The van der Waals surface area contributed by atoms with Gasteiger partial charge >= 0.3 is 11.9 Å². The average molecular weight is 355 g/mol. The molecule has 0 heterocycles. The summed E-state index contributed by atoms with van der Waals surface area (Å²) in [6, 6.07) is 6.35. The van der Waals surface area contributed by atoms with Gasteiger partial charge in [-0.2, -0.15) is 0 Å². The molecule has 0 unspecified atom stereocenters. The van der Waals surface area contributed by atoms with E-state index >= 15 is 0 Å². The van der Waals surface area contributed by atoms with Crippen LogP contribution in [0, 0.1) is 6.92 Å². The molecular weight excluding hydrogens is 326 g/mol. The summed E-state index contributed by atoms with van der Waals surface area (Å²) >= 11 is 0. The van der Waals surface area contributed by atoms with E-state index in [0.29, 0.717) is 6.61 Å². The predicted octanol–water partition coefficient (Wildman–Crippen LogP) is 2.06. The summed E-state index contributed by atoms with van der Waals surface area (Å²) in [6.07, 6.45) is 0. The fourth-order valence-electron chi connectivity index (χ4n) is 1.96. The van der Waals surface area contributed by atoms with Crippen LogP contribution in [0.15, 0.2) is 18.2 Å². The Morgan fingerprint density at radius 2 is 1.64 bits per heavy atom. The van der Waals surface area contributed by atoms with E-state index in [-0.39, 0.29) is 5.41 Å². The van der Waals surface area contributed by atoms with Crippen molar-refractivity contribution in [3.8, 4) is 5.75 Å². The van der Waals surface area contributed by atoms with Gasteiger partial charge in [0.05, 0.1) is 6.61 Å². The number of ether oxygens (including phenoxy) is 2. The summed E-state index contributed by atoms with van der Waals surface area (Å²) in [5.41, 5.74) is 2.57. The van der Waals surface area contributed by atoms with Crippen LogP contribution in [0.5, 0.6) is 5.75 Å². The molecule has 0 saturated carbocycles. The topological polar surface area (TPSA) is 105 Å². The number of methoxy groups -OCH3 is 1. The molecule has 7 nitrogen and oxygen atoms in total. The summed E-state index contributed by atoms with van der Waals surface area (Å²) in [5, 5.41) is 18.1. The molecule has 3 N–H and O–H groups in total. The molecule has 0 aromatic heterocycles. The number of hydrogen-bond acceptors (Lipinski definition) is 5. The van der Waals surface area contributed by atoms with Crippen LogP contribution >= 0.6 is 0 Å². The number of para-hydroxylation sites is 1. The van der Waals surface area contributed by atoms with Gasteiger partial charge in [0.25, 0.3) is 0 Å². The number of carbonyl (C=O) groups is 2. The molecule has 0 aliphatic rings. The number of aryl methyl sites for hydroxylation is 1. The van der Waals surface area contributed by atoms with Crippen molar-refractivity contribution in [2.75, 3.05) is 33.4 Å². The molecule has 0 radical (unpaired) electrons. The zero-order valence-corrected chi connectivity index (χ0v) is 15.6. The maximum atomic E-state index is 9.10. The van der Waals surface area contributed by atoms with E-state index in [0.717, 1.165) is 25.4 Å². The van der Waals surface area contributed by atoms with Crippen molar-refractivity contribution in [1.29, 1.82) is 0 Å². The van der Waals surface area contributed by atoms with Crippen LogP contribution in [0.3, 0.4) is 0 Å². The molecular formula is C18H29NO6. The van der Waals surface area contributed by atoms with Crippen molar-refractivity contribution >= 4 is 11.9 Å². The van der Waals surface area contributed by atoms with E-state index in [2.05, 4.69) is 51.2 Å². The first-order valence-corrected chi connectivity index (χ1v) is 8.00. The maximum Gasteiger partial charge on any atom is 0.414 e. The minimum atomic E-state index is -1.82. The Hall–Kier alpha value is -2.12. The molecule has 0 spiro atoms. The molecule has 0 amide bonds. The first kappa shape index (κ1) is 22.9. The van der Waals surface area contributed by atoms with Crippen LogP contribution < -0.4 is 10.1 Å². The Balaban J connectivity index is 0.000000823. The molecule has 1 rings (SSSR count). The summed E-state index contributed by atoms with van der Waals surface area (Å²) in [4.78, 5) is 18.2. The minimum Gasteiger partial charge on any atom is -0.492 e. The van der Waals surface area contributed by atoms with Gasteiger partial charge in [-0.15, -0.1) is 0 Å². The van der Waals surface area contributed by atoms with Crippen molar-refractivity contribution < 1.29 is 29.3 Å². The van der Waals surface area contributed by atoms with E-state index in [1.165, 1.54) is 11.1 Å². The molecule has 1 aromatic rings. The van der Waals surface area contributed by atoms with Gasteiger partial charge in [0.15, 0.2) is 0 Å². The normalized spacial score (nSPS) is 10.6. The Morgan fingerprint density at radius 1 is 1.08 bits per heavy atom. The van der Waals surface area contributed by atoms with Crippen LogP contribution in [0.25, 0.3) is 0 Å². The second-order valence-corrected chi connectivity index (χ2v) is 6.40. The van der Waals surface area contributed by atoms with Gasteiger partial charge in [0, 0.05) is 20.2 Å². The monoisotopic (exact) mass is 355 g/mol. The van der Waals surface area contributed by atoms with Gasteiger partial charge in [-0.3, -0.25) is 0 Å². The van der Waals surface area contributed by atoms with Crippen LogP contribution in [0.4, 0.5) is 0 Å². The molecule has 0 fully saturated rings. The highest BCUT2D eigenvalue weighted by Gasteiger charge is 2.19. The van der Waals surface area contributed by atoms with Gasteiger partial charge in [0.1, 0.15) is 12.4 Å². The van der Waals surface area contributed by atoms with Crippen LogP contribution in [-0.4, -0.2) is 55.6 Å². The quantitative estimate of drug-likeness (QED) is 0.508. The van der Waals surface area contributed by atoms with Crippen molar-refractivity contribution in [3.63, 3.8) is 0 Å². The minimum absolute atomic E-state index is 0.102. The van der Waals surface area contributed by atoms with Gasteiger partial charge in [-0.25, -0.2) is 9.59 Å². The molecule has 1 aromatic carbocycles. The molecule has 142 valence electrons. The van der Waals surface area contributed by atoms with E-state index in [1.54, 1.807) is 7.11 Å². The predicted molar refractivity (Wildman–Crippen MR) is 95.4 cm³/mol. The van der Waals surface area contributed by atoms with E-state index in [1.807, 2.05) is 0 Å². The van der Waals surface area contributed by atoms with E-state index < -0.39 is 11.9 Å². The fourth-order valence-corrected chi connectivity index (χ4v) is 1.96. The third-order valence-electron chi connectivity index (χ3n) is 3.21. The zero-order chi connectivity index (χ0) is 19.5. The van der Waals surface area contributed by atoms with Crippen molar-refractivity contribution in [1.82, 2.24) is 5.32 Å². The lowest BCUT2D eigenvalue weighted by molar-refractivity contribution is -0.159. The maximum absolute atomic E-state index is 9.10. The average Bonchev–Trinajstić information content (AvgIpc) is 2.51. The van der Waals surface area contributed by atoms with Gasteiger partial charge in [-0.1, -0.05) is 39.0 Å². The lowest BCUT2D eigenvalue weighted by atomic mass is 9.85. The number of nitrogens with one attached hydrogen (secondary N) is 1. The second-order valence-electron chi connectivity index (χ2n) is 6.40. The zero-order valence-electron chi connectivity index (χ0n) is 15.6. The number of benzene rings is 1. The van der Waals surface area contributed by atoms with Gasteiger partial charge < -0.3 is 25.0 Å². The van der Waals surface area contributed by atoms with E-state index in [9.17, 15) is 0 Å². The molecule has 0 bridgehead atoms. The first-order valence-electron chi connectivity index (χ1n) is 8.00. The van der Waals surface area contributed by atoms with Crippen LogP contribution in [-0.2, 0) is 19.7 Å². The molecule has 0 aliphatic carbocycles. The number of rotatable bonds is 7. The standard InChI is InChI=1S/C16H27NO2.C2H2O4/c1-13-7-6-8-14(16(2,3)4)15(13)19-12-10-17-9-11-18-5;3-1(4)2(5)6/h6-8,17H,9-12H2,1-5H3;(H,3,4)(H,5,6). The van der Waals surface area contributed by atoms with Crippen LogP contribution in [0.1, 0.15) is 31.9 Å². The summed E-state index contributed by atoms with van der Waals surface area (Å²) in [7, 11) is 1.71. The molecule has 0 aliphatic heterocycles. The summed E-state index contributed by atoms with van der Waals surface area (Å²) in [6.45, 7) is 11.8. The van der Waals surface area contributed by atoms with Gasteiger partial charge in [-0.05, 0) is 23.5 Å². The Labute approximate surface area is 149 Å². The smallest absolute Gasteiger partial charge is 0.414 e. The highest BCUT2D eigenvalue weighted by Crippen LogP contribution is 2.33. The fraction of sp³-hybridized carbons (Fsp3) is 0.556. The Kier molecular flexibility index (Phi) is 10.5. The SMILES string of the molecule is COCCNCCOc1c(C)cccc1C(C)(C)C.O=C(O)C(=O)O. The third kappa shape index (κ3) is 9.69. The van der Waals surface area contributed by atoms with Crippen molar-refractivity contribution in [2.24, 2.45) is 0 Å². The van der Waals surface area contributed by atoms with Crippen LogP contribution in [0.2, 0.25) is 0 Å². The summed E-state index contributed by atoms with van der Waals surface area (Å²) < 4.78 is 11.0. The summed E-state index contributed by atoms with van der Waals surface area (Å²) in [5.74, 6) is -2.62. The number of hydrogen-bond donors (Lipinski definition) is 3. The molecule has 0 saturated heterocycles. The Bertz CT molecular complexity index is 539. The lowest BCUT2D eigenvalue weighted by Crippen LogP contribution is -2.25. The first-order chi connectivity index (χ1) is 11.6. The molecule has 0 atom stereocenters. The molecule has 25 heavy (non-hydrogen) atoms. The number of carboxylic acid groups (broad SMARTS) is 2. The van der Waals surface area contributed by atoms with E-state index in [4.69, 9.17) is 29.3 Å².